The topological polar surface area (TPSA) is 37.4 Å². The second-order valence-corrected chi connectivity index (χ2v) is 4.18. The Labute approximate surface area is 108 Å². The average Bonchev–Trinajstić information content (AvgIpc) is 2.35. The van der Waals surface area contributed by atoms with Crippen LogP contribution >= 0.6 is 12.2 Å². The number of methoxy groups -OCH3 is 1. The molecule has 0 fully saturated rings. The molecule has 0 aliphatic heterocycles. The molecule has 0 aliphatic carbocycles. The van der Waals surface area contributed by atoms with Crippen molar-refractivity contribution in [2.45, 2.75) is 13.0 Å². The molecule has 0 bridgehead atoms. The molecular weight excluding hydrogens is 234 g/mol. The highest BCUT2D eigenvalue weighted by molar-refractivity contribution is 7.80. The lowest BCUT2D eigenvalue weighted by Crippen LogP contribution is -2.37. The molecule has 0 amide bonds. The van der Waals surface area contributed by atoms with E-state index in [9.17, 15) is 0 Å². The van der Waals surface area contributed by atoms with E-state index in [0.717, 1.165) is 31.2 Å². The lowest BCUT2D eigenvalue weighted by atomic mass is 10.2. The number of aromatic nitrogens is 1. The normalized spacial score (nSPS) is 10.0. The molecule has 0 aliphatic rings. The quantitative estimate of drug-likeness (QED) is 0.613. The summed E-state index contributed by atoms with van der Waals surface area (Å²) in [6.07, 6.45) is 4.54. The van der Waals surface area contributed by atoms with Crippen LogP contribution in [0.1, 0.15) is 12.0 Å². The Kier molecular flexibility index (Phi) is 6.50. The Morgan fingerprint density at radius 3 is 2.82 bits per heavy atom. The van der Waals surface area contributed by atoms with Gasteiger partial charge >= 0.3 is 0 Å². The number of rotatable bonds is 6. The van der Waals surface area contributed by atoms with Crippen LogP contribution in [0.2, 0.25) is 0 Å². The van der Waals surface area contributed by atoms with Crippen LogP contribution in [0.25, 0.3) is 0 Å². The number of hydrogen-bond acceptors (Lipinski definition) is 3. The van der Waals surface area contributed by atoms with Gasteiger partial charge in [0.15, 0.2) is 5.11 Å². The first-order valence-corrected chi connectivity index (χ1v) is 6.01. The molecule has 1 N–H and O–H groups in total. The number of nitrogens with one attached hydrogen (secondary N) is 1. The van der Waals surface area contributed by atoms with Gasteiger partial charge in [0.05, 0.1) is 0 Å². The maximum atomic E-state index is 5.28. The van der Waals surface area contributed by atoms with E-state index in [1.54, 1.807) is 19.5 Å². The van der Waals surface area contributed by atoms with Crippen molar-refractivity contribution >= 4 is 17.3 Å². The number of hydrogen-bond donors (Lipinski definition) is 1. The van der Waals surface area contributed by atoms with E-state index < -0.39 is 0 Å². The average molecular weight is 253 g/mol. The zero-order valence-corrected chi connectivity index (χ0v) is 11.2. The molecule has 1 rings (SSSR count). The SMILES string of the molecule is COCCCNC(=S)N(C)Cc1ccncc1. The summed E-state index contributed by atoms with van der Waals surface area (Å²) in [5.74, 6) is 0. The molecule has 0 aromatic carbocycles. The summed E-state index contributed by atoms with van der Waals surface area (Å²) >= 11 is 5.28. The molecular formula is C12H19N3OS. The van der Waals surface area contributed by atoms with Gasteiger partial charge in [0.25, 0.3) is 0 Å². The minimum atomic E-state index is 0.754. The number of ether oxygens (including phenoxy) is 1. The van der Waals surface area contributed by atoms with Crippen LogP contribution < -0.4 is 5.32 Å². The van der Waals surface area contributed by atoms with Gasteiger partial charge in [-0.3, -0.25) is 4.98 Å². The summed E-state index contributed by atoms with van der Waals surface area (Å²) in [7, 11) is 3.68. The lowest BCUT2D eigenvalue weighted by molar-refractivity contribution is 0.195. The highest BCUT2D eigenvalue weighted by atomic mass is 32.1. The van der Waals surface area contributed by atoms with Gasteiger partial charge in [-0.05, 0) is 36.3 Å². The lowest BCUT2D eigenvalue weighted by Gasteiger charge is -2.21. The van der Waals surface area contributed by atoms with Gasteiger partial charge in [0.2, 0.25) is 0 Å². The fourth-order valence-electron chi connectivity index (χ4n) is 1.38. The molecule has 1 heterocycles. The molecule has 94 valence electrons. The van der Waals surface area contributed by atoms with Crippen molar-refractivity contribution in [3.05, 3.63) is 30.1 Å². The van der Waals surface area contributed by atoms with Crippen LogP contribution in [0.4, 0.5) is 0 Å². The Morgan fingerprint density at radius 2 is 2.18 bits per heavy atom. The van der Waals surface area contributed by atoms with Gasteiger partial charge in [-0.2, -0.15) is 0 Å². The number of nitrogens with zero attached hydrogens (tertiary/aromatic N) is 2. The minimum Gasteiger partial charge on any atom is -0.385 e. The fourth-order valence-corrected chi connectivity index (χ4v) is 1.55. The largest absolute Gasteiger partial charge is 0.385 e. The van der Waals surface area contributed by atoms with Gasteiger partial charge in [-0.1, -0.05) is 0 Å². The summed E-state index contributed by atoms with van der Waals surface area (Å²) < 4.78 is 4.98. The van der Waals surface area contributed by atoms with Crippen LogP contribution in [0.5, 0.6) is 0 Å². The van der Waals surface area contributed by atoms with Crippen molar-refractivity contribution in [2.75, 3.05) is 27.3 Å². The second kappa shape index (κ2) is 7.97. The van der Waals surface area contributed by atoms with Gasteiger partial charge in [-0.25, -0.2) is 0 Å². The third-order valence-corrected chi connectivity index (χ3v) is 2.77. The first kappa shape index (κ1) is 13.9. The van der Waals surface area contributed by atoms with E-state index in [1.165, 1.54) is 5.56 Å². The number of pyridine rings is 1. The van der Waals surface area contributed by atoms with E-state index in [1.807, 2.05) is 24.1 Å². The minimum absolute atomic E-state index is 0.754. The molecule has 0 saturated carbocycles. The predicted molar refractivity (Wildman–Crippen MR) is 72.8 cm³/mol. The van der Waals surface area contributed by atoms with Crippen molar-refractivity contribution in [1.82, 2.24) is 15.2 Å². The Balaban J connectivity index is 2.27. The van der Waals surface area contributed by atoms with Gasteiger partial charge in [0.1, 0.15) is 0 Å². The van der Waals surface area contributed by atoms with Gasteiger partial charge < -0.3 is 15.0 Å². The molecule has 1 aromatic heterocycles. The van der Waals surface area contributed by atoms with Crippen molar-refractivity contribution in [3.8, 4) is 0 Å². The Morgan fingerprint density at radius 1 is 1.47 bits per heavy atom. The standard InChI is InChI=1S/C12H19N3OS/c1-15(10-11-4-7-13-8-5-11)12(17)14-6-3-9-16-2/h4-5,7-8H,3,6,9-10H2,1-2H3,(H,14,17). The van der Waals surface area contributed by atoms with Crippen LogP contribution in [0.3, 0.4) is 0 Å². The third-order valence-electron chi connectivity index (χ3n) is 2.32. The summed E-state index contributed by atoms with van der Waals surface area (Å²) in [5, 5.41) is 3.96. The maximum Gasteiger partial charge on any atom is 0.168 e. The zero-order chi connectivity index (χ0) is 12.5. The summed E-state index contributed by atoms with van der Waals surface area (Å²) in [5.41, 5.74) is 1.20. The van der Waals surface area contributed by atoms with Crippen LogP contribution in [0, 0.1) is 0 Å². The van der Waals surface area contributed by atoms with Gasteiger partial charge in [-0.15, -0.1) is 0 Å². The van der Waals surface area contributed by atoms with E-state index >= 15 is 0 Å². The molecule has 0 saturated heterocycles. The van der Waals surface area contributed by atoms with E-state index in [4.69, 9.17) is 17.0 Å². The Hall–Kier alpha value is -1.20. The Bertz CT molecular complexity index is 332. The van der Waals surface area contributed by atoms with Crippen molar-refractivity contribution in [2.24, 2.45) is 0 Å². The first-order valence-electron chi connectivity index (χ1n) is 5.61. The summed E-state index contributed by atoms with van der Waals surface area (Å²) in [6, 6.07) is 3.98. The number of thiocarbonyl (C=S) groups is 1. The molecule has 0 unspecified atom stereocenters. The molecule has 17 heavy (non-hydrogen) atoms. The fraction of sp³-hybridized carbons (Fsp3) is 0.500. The predicted octanol–water partition coefficient (Wildman–Crippen LogP) is 1.42. The van der Waals surface area contributed by atoms with Crippen LogP contribution in [0.15, 0.2) is 24.5 Å². The third kappa shape index (κ3) is 5.60. The zero-order valence-electron chi connectivity index (χ0n) is 10.3. The van der Waals surface area contributed by atoms with E-state index in [0.29, 0.717) is 0 Å². The van der Waals surface area contributed by atoms with E-state index in [-0.39, 0.29) is 0 Å². The molecule has 0 atom stereocenters. The highest BCUT2D eigenvalue weighted by Crippen LogP contribution is 2.01. The van der Waals surface area contributed by atoms with Gasteiger partial charge in [0, 0.05) is 46.2 Å². The molecule has 4 nitrogen and oxygen atoms in total. The van der Waals surface area contributed by atoms with E-state index in [2.05, 4.69) is 10.3 Å². The maximum absolute atomic E-state index is 5.28. The summed E-state index contributed by atoms with van der Waals surface area (Å²) in [4.78, 5) is 6.00. The summed E-state index contributed by atoms with van der Waals surface area (Å²) in [6.45, 7) is 2.38. The molecule has 1 aromatic rings. The van der Waals surface area contributed by atoms with Crippen molar-refractivity contribution in [1.29, 1.82) is 0 Å². The second-order valence-electron chi connectivity index (χ2n) is 3.79. The smallest absolute Gasteiger partial charge is 0.168 e. The highest BCUT2D eigenvalue weighted by Gasteiger charge is 2.03. The van der Waals surface area contributed by atoms with Crippen molar-refractivity contribution < 1.29 is 4.74 Å². The van der Waals surface area contributed by atoms with Crippen LogP contribution in [-0.4, -0.2) is 42.3 Å². The van der Waals surface area contributed by atoms with Crippen LogP contribution in [-0.2, 0) is 11.3 Å². The molecule has 0 radical (unpaired) electrons. The monoisotopic (exact) mass is 253 g/mol. The molecule has 0 spiro atoms. The molecule has 5 heteroatoms. The first-order chi connectivity index (χ1) is 8.24. The van der Waals surface area contributed by atoms with Crippen molar-refractivity contribution in [3.63, 3.8) is 0 Å².